The first-order valence-corrected chi connectivity index (χ1v) is 8.20. The summed E-state index contributed by atoms with van der Waals surface area (Å²) in [7, 11) is 0. The van der Waals surface area contributed by atoms with Gasteiger partial charge in [0.1, 0.15) is 23.7 Å². The third-order valence-electron chi connectivity index (χ3n) is 3.51. The molecule has 0 bridgehead atoms. The molecule has 5 nitrogen and oxygen atoms in total. The highest BCUT2D eigenvalue weighted by Gasteiger charge is 2.33. The normalized spacial score (nSPS) is 10.9. The molecule has 0 saturated carbocycles. The van der Waals surface area contributed by atoms with Crippen molar-refractivity contribution < 1.29 is 28.2 Å². The molecule has 0 atom stereocenters. The van der Waals surface area contributed by atoms with Crippen molar-refractivity contribution in [3.05, 3.63) is 65.5 Å². The van der Waals surface area contributed by atoms with Crippen LogP contribution < -0.4 is 4.74 Å². The van der Waals surface area contributed by atoms with E-state index < -0.39 is 23.4 Å². The Morgan fingerprint density at radius 1 is 1.04 bits per heavy atom. The Balaban J connectivity index is 2.18. The van der Waals surface area contributed by atoms with Crippen LogP contribution in [0.5, 0.6) is 5.75 Å². The van der Waals surface area contributed by atoms with Crippen LogP contribution in [0.25, 0.3) is 0 Å². The maximum atomic E-state index is 13.6. The smallest absolute Gasteiger partial charge is 0.349 e. The highest BCUT2D eigenvalue weighted by atomic mass is 19.1. The maximum Gasteiger partial charge on any atom is 0.349 e. The molecule has 0 aliphatic carbocycles. The van der Waals surface area contributed by atoms with Gasteiger partial charge in [0.15, 0.2) is 5.60 Å². The average Bonchev–Trinajstić information content (AvgIpc) is 2.62. The van der Waals surface area contributed by atoms with Gasteiger partial charge in [0.25, 0.3) is 0 Å². The first-order valence-electron chi connectivity index (χ1n) is 8.20. The lowest BCUT2D eigenvalue weighted by molar-refractivity contribution is -0.158. The van der Waals surface area contributed by atoms with Crippen molar-refractivity contribution in [2.75, 3.05) is 6.61 Å². The van der Waals surface area contributed by atoms with E-state index in [1.807, 2.05) is 18.2 Å². The summed E-state index contributed by atoms with van der Waals surface area (Å²) in [5.41, 5.74) is -0.646. The van der Waals surface area contributed by atoms with Crippen molar-refractivity contribution in [1.82, 2.24) is 0 Å². The third-order valence-corrected chi connectivity index (χ3v) is 3.51. The van der Waals surface area contributed by atoms with Crippen LogP contribution in [0.15, 0.2) is 48.5 Å². The average molecular weight is 360 g/mol. The molecule has 0 aromatic heterocycles. The molecule has 0 saturated heterocycles. The van der Waals surface area contributed by atoms with Gasteiger partial charge in [-0.15, -0.1) is 0 Å². The molecular weight excluding hydrogens is 339 g/mol. The molecule has 0 unspecified atom stereocenters. The molecule has 0 fully saturated rings. The maximum absolute atomic E-state index is 13.6. The second kappa shape index (κ2) is 8.47. The molecule has 6 heteroatoms. The van der Waals surface area contributed by atoms with E-state index in [0.717, 1.165) is 17.7 Å². The van der Waals surface area contributed by atoms with Crippen LogP contribution in [0.1, 0.15) is 36.7 Å². The van der Waals surface area contributed by atoms with Crippen molar-refractivity contribution in [1.29, 1.82) is 0 Å². The van der Waals surface area contributed by atoms with Gasteiger partial charge in [0.05, 0.1) is 6.61 Å². The molecule has 0 radical (unpaired) electrons. The van der Waals surface area contributed by atoms with E-state index in [0.29, 0.717) is 0 Å². The Labute approximate surface area is 151 Å². The van der Waals surface area contributed by atoms with E-state index in [1.165, 1.54) is 19.9 Å². The predicted molar refractivity (Wildman–Crippen MR) is 93.3 cm³/mol. The monoisotopic (exact) mass is 360 g/mol. The molecule has 0 aliphatic heterocycles. The second-order valence-corrected chi connectivity index (χ2v) is 6.04. The molecule has 0 aliphatic rings. The van der Waals surface area contributed by atoms with Crippen molar-refractivity contribution >= 4 is 11.9 Å². The number of benzene rings is 2. The van der Waals surface area contributed by atoms with Crippen LogP contribution in [0.4, 0.5) is 4.39 Å². The minimum Gasteiger partial charge on any atom is -0.475 e. The summed E-state index contributed by atoms with van der Waals surface area (Å²) >= 11 is 0. The fourth-order valence-corrected chi connectivity index (χ4v) is 2.17. The summed E-state index contributed by atoms with van der Waals surface area (Å²) in [4.78, 5) is 24.4. The Hall–Kier alpha value is -2.89. The van der Waals surface area contributed by atoms with Crippen LogP contribution in [0.2, 0.25) is 0 Å². The first kappa shape index (κ1) is 19.4. The predicted octanol–water partition coefficient (Wildman–Crippen LogP) is 3.90. The molecular formula is C20H21FO5. The minimum absolute atomic E-state index is 0.0386. The SMILES string of the molecule is CCOC(=O)C(C)(C)Oc1ccc(F)cc1C(=O)OCc1ccccc1. The zero-order chi connectivity index (χ0) is 19.2. The van der Waals surface area contributed by atoms with Crippen LogP contribution in [-0.2, 0) is 20.9 Å². The van der Waals surface area contributed by atoms with Gasteiger partial charge in [-0.05, 0) is 44.5 Å². The molecule has 0 spiro atoms. The topological polar surface area (TPSA) is 61.8 Å². The van der Waals surface area contributed by atoms with Crippen LogP contribution in [0, 0.1) is 5.82 Å². The summed E-state index contributed by atoms with van der Waals surface area (Å²) in [6, 6.07) is 12.6. The van der Waals surface area contributed by atoms with Crippen molar-refractivity contribution in [2.45, 2.75) is 33.0 Å². The van der Waals surface area contributed by atoms with Gasteiger partial charge in [-0.2, -0.15) is 0 Å². The molecule has 0 amide bonds. The van der Waals surface area contributed by atoms with E-state index in [1.54, 1.807) is 19.1 Å². The van der Waals surface area contributed by atoms with E-state index in [2.05, 4.69) is 0 Å². The molecule has 26 heavy (non-hydrogen) atoms. The van der Waals surface area contributed by atoms with Crippen LogP contribution >= 0.6 is 0 Å². The Morgan fingerprint density at radius 2 is 1.73 bits per heavy atom. The van der Waals surface area contributed by atoms with E-state index in [4.69, 9.17) is 14.2 Å². The molecule has 0 N–H and O–H groups in total. The van der Waals surface area contributed by atoms with Gasteiger partial charge in [0, 0.05) is 0 Å². The van der Waals surface area contributed by atoms with Gasteiger partial charge >= 0.3 is 11.9 Å². The second-order valence-electron chi connectivity index (χ2n) is 6.04. The van der Waals surface area contributed by atoms with E-state index >= 15 is 0 Å². The van der Waals surface area contributed by atoms with Gasteiger partial charge in [-0.3, -0.25) is 0 Å². The number of carbonyl (C=O) groups is 2. The standard InChI is InChI=1S/C20H21FO5/c1-4-24-19(23)20(2,3)26-17-11-10-15(21)12-16(17)18(22)25-13-14-8-6-5-7-9-14/h5-12H,4,13H2,1-3H3. The zero-order valence-electron chi connectivity index (χ0n) is 15.0. The number of rotatable bonds is 7. The third kappa shape index (κ3) is 5.05. The number of hydrogen-bond donors (Lipinski definition) is 0. The van der Waals surface area contributed by atoms with Gasteiger partial charge in [-0.1, -0.05) is 30.3 Å². The number of ether oxygens (including phenoxy) is 3. The number of halogens is 1. The van der Waals surface area contributed by atoms with E-state index in [-0.39, 0.29) is 24.5 Å². The molecule has 138 valence electrons. The summed E-state index contributed by atoms with van der Waals surface area (Å²) < 4.78 is 29.4. The fourth-order valence-electron chi connectivity index (χ4n) is 2.17. The summed E-state index contributed by atoms with van der Waals surface area (Å²) in [6.07, 6.45) is 0. The molecule has 0 heterocycles. The first-order chi connectivity index (χ1) is 12.3. The van der Waals surface area contributed by atoms with Crippen molar-refractivity contribution in [3.8, 4) is 5.75 Å². The highest BCUT2D eigenvalue weighted by Crippen LogP contribution is 2.26. The molecule has 2 aromatic carbocycles. The Bertz CT molecular complexity index is 771. The van der Waals surface area contributed by atoms with Gasteiger partial charge in [-0.25, -0.2) is 14.0 Å². The number of carbonyl (C=O) groups excluding carboxylic acids is 2. The Morgan fingerprint density at radius 3 is 2.38 bits per heavy atom. The number of esters is 2. The lowest BCUT2D eigenvalue weighted by Gasteiger charge is -2.25. The molecule has 2 aromatic rings. The lowest BCUT2D eigenvalue weighted by Crippen LogP contribution is -2.40. The van der Waals surface area contributed by atoms with Crippen molar-refractivity contribution in [2.24, 2.45) is 0 Å². The van der Waals surface area contributed by atoms with Crippen molar-refractivity contribution in [3.63, 3.8) is 0 Å². The van der Waals surface area contributed by atoms with Gasteiger partial charge in [0.2, 0.25) is 0 Å². The minimum atomic E-state index is -1.34. The Kier molecular flexibility index (Phi) is 6.33. The molecule has 2 rings (SSSR count). The zero-order valence-corrected chi connectivity index (χ0v) is 15.0. The highest BCUT2D eigenvalue weighted by molar-refractivity contribution is 5.92. The van der Waals surface area contributed by atoms with Crippen LogP contribution in [-0.4, -0.2) is 24.1 Å². The fraction of sp³-hybridized carbons (Fsp3) is 0.300. The van der Waals surface area contributed by atoms with Crippen LogP contribution in [0.3, 0.4) is 0 Å². The summed E-state index contributed by atoms with van der Waals surface area (Å²) in [5, 5.41) is 0. The summed E-state index contributed by atoms with van der Waals surface area (Å²) in [6.45, 7) is 4.93. The summed E-state index contributed by atoms with van der Waals surface area (Å²) in [5.74, 6) is -1.91. The van der Waals surface area contributed by atoms with Gasteiger partial charge < -0.3 is 14.2 Å². The quantitative estimate of drug-likeness (QED) is 0.701. The lowest BCUT2D eigenvalue weighted by atomic mass is 10.1. The largest absolute Gasteiger partial charge is 0.475 e. The number of hydrogen-bond acceptors (Lipinski definition) is 5. The van der Waals surface area contributed by atoms with E-state index in [9.17, 15) is 14.0 Å².